The maximum atomic E-state index is 13.4. The molecule has 1 aromatic rings. The zero-order valence-corrected chi connectivity index (χ0v) is 10.7. The Hall–Kier alpha value is -1.38. The SMILES string of the molecule is Cc1c(Cl)cnc(N2C[C@@H](F)C[C@H]2CO)c1C#N. The largest absolute Gasteiger partial charge is 0.394 e. The lowest BCUT2D eigenvalue weighted by atomic mass is 10.1. The number of aromatic nitrogens is 1. The third kappa shape index (κ3) is 2.14. The molecule has 0 amide bonds. The highest BCUT2D eigenvalue weighted by atomic mass is 35.5. The molecule has 1 fully saturated rings. The summed E-state index contributed by atoms with van der Waals surface area (Å²) < 4.78 is 13.4. The zero-order chi connectivity index (χ0) is 13.3. The van der Waals surface area contributed by atoms with E-state index in [0.717, 1.165) is 0 Å². The van der Waals surface area contributed by atoms with Crippen LogP contribution in [0, 0.1) is 18.3 Å². The molecule has 0 aliphatic carbocycles. The van der Waals surface area contributed by atoms with Gasteiger partial charge in [-0.3, -0.25) is 0 Å². The highest BCUT2D eigenvalue weighted by molar-refractivity contribution is 6.31. The molecule has 0 bridgehead atoms. The highest BCUT2D eigenvalue weighted by Gasteiger charge is 2.34. The van der Waals surface area contributed by atoms with Crippen LogP contribution in [0.3, 0.4) is 0 Å². The van der Waals surface area contributed by atoms with Crippen LogP contribution in [0.15, 0.2) is 6.20 Å². The second-order valence-electron chi connectivity index (χ2n) is 4.36. The third-order valence-electron chi connectivity index (χ3n) is 3.22. The number of halogens is 2. The Balaban J connectivity index is 2.45. The first-order chi connectivity index (χ1) is 8.58. The number of nitriles is 1. The number of nitrogens with zero attached hydrogens (tertiary/aromatic N) is 3. The van der Waals surface area contributed by atoms with E-state index in [1.165, 1.54) is 6.20 Å². The first-order valence-electron chi connectivity index (χ1n) is 5.65. The maximum Gasteiger partial charge on any atom is 0.147 e. The van der Waals surface area contributed by atoms with E-state index in [9.17, 15) is 14.8 Å². The molecule has 4 nitrogen and oxygen atoms in total. The highest BCUT2D eigenvalue weighted by Crippen LogP contribution is 2.31. The van der Waals surface area contributed by atoms with Crippen LogP contribution in [0.25, 0.3) is 0 Å². The molecule has 2 atom stereocenters. The molecule has 1 aromatic heterocycles. The Morgan fingerprint density at radius 2 is 2.44 bits per heavy atom. The van der Waals surface area contributed by atoms with E-state index in [0.29, 0.717) is 22.0 Å². The number of hydrogen-bond acceptors (Lipinski definition) is 4. The minimum absolute atomic E-state index is 0.147. The number of alkyl halides is 1. The lowest BCUT2D eigenvalue weighted by Gasteiger charge is -2.25. The summed E-state index contributed by atoms with van der Waals surface area (Å²) >= 11 is 5.91. The van der Waals surface area contributed by atoms with Crippen molar-refractivity contribution in [3.63, 3.8) is 0 Å². The minimum atomic E-state index is -1.01. The van der Waals surface area contributed by atoms with Gasteiger partial charge in [-0.1, -0.05) is 11.6 Å². The van der Waals surface area contributed by atoms with Gasteiger partial charge in [0.15, 0.2) is 0 Å². The molecule has 1 aliphatic rings. The predicted molar refractivity (Wildman–Crippen MR) is 66.4 cm³/mol. The second-order valence-corrected chi connectivity index (χ2v) is 4.77. The van der Waals surface area contributed by atoms with Crippen LogP contribution in [0.4, 0.5) is 10.2 Å². The fraction of sp³-hybridized carbons (Fsp3) is 0.500. The Kier molecular flexibility index (Phi) is 3.69. The van der Waals surface area contributed by atoms with Crippen molar-refractivity contribution in [1.82, 2.24) is 4.98 Å². The quantitative estimate of drug-likeness (QED) is 0.890. The van der Waals surface area contributed by atoms with Gasteiger partial charge in [0, 0.05) is 12.6 Å². The van der Waals surface area contributed by atoms with Crippen molar-refractivity contribution >= 4 is 17.4 Å². The first-order valence-corrected chi connectivity index (χ1v) is 6.03. The number of aliphatic hydroxyl groups excluding tert-OH is 1. The lowest BCUT2D eigenvalue weighted by Crippen LogP contribution is -2.33. The van der Waals surface area contributed by atoms with Crippen molar-refractivity contribution in [3.8, 4) is 6.07 Å². The molecule has 2 heterocycles. The van der Waals surface area contributed by atoms with E-state index >= 15 is 0 Å². The maximum absolute atomic E-state index is 13.4. The molecular formula is C12H13ClFN3O. The molecule has 2 rings (SSSR count). The van der Waals surface area contributed by atoms with Gasteiger partial charge < -0.3 is 10.0 Å². The number of hydrogen-bond donors (Lipinski definition) is 1. The van der Waals surface area contributed by atoms with Gasteiger partial charge in [0.05, 0.1) is 29.8 Å². The predicted octanol–water partition coefficient (Wildman–Crippen LogP) is 1.82. The normalized spacial score (nSPS) is 23.2. The van der Waals surface area contributed by atoms with Crippen molar-refractivity contribution in [2.45, 2.75) is 25.6 Å². The molecule has 0 saturated carbocycles. The molecule has 1 saturated heterocycles. The second kappa shape index (κ2) is 5.09. The molecule has 6 heteroatoms. The van der Waals surface area contributed by atoms with Crippen molar-refractivity contribution in [2.75, 3.05) is 18.1 Å². The molecule has 0 unspecified atom stereocenters. The molecule has 0 spiro atoms. The summed E-state index contributed by atoms with van der Waals surface area (Å²) in [6.45, 7) is 1.71. The molecule has 1 aliphatic heterocycles. The van der Waals surface area contributed by atoms with E-state index in [-0.39, 0.29) is 25.6 Å². The molecule has 18 heavy (non-hydrogen) atoms. The molecular weight excluding hydrogens is 257 g/mol. The van der Waals surface area contributed by atoms with Gasteiger partial charge >= 0.3 is 0 Å². The monoisotopic (exact) mass is 269 g/mol. The number of aliphatic hydroxyl groups is 1. The van der Waals surface area contributed by atoms with Gasteiger partial charge in [0.25, 0.3) is 0 Å². The topological polar surface area (TPSA) is 60.1 Å². The van der Waals surface area contributed by atoms with Gasteiger partial charge in [-0.05, 0) is 12.5 Å². The van der Waals surface area contributed by atoms with Crippen LogP contribution in [0.5, 0.6) is 0 Å². The van der Waals surface area contributed by atoms with Crippen molar-refractivity contribution in [3.05, 3.63) is 22.3 Å². The number of rotatable bonds is 2. The van der Waals surface area contributed by atoms with Gasteiger partial charge in [0.2, 0.25) is 0 Å². The van der Waals surface area contributed by atoms with E-state index in [1.54, 1.807) is 11.8 Å². The van der Waals surface area contributed by atoms with Crippen LogP contribution >= 0.6 is 11.6 Å². The lowest BCUT2D eigenvalue weighted by molar-refractivity contribution is 0.255. The van der Waals surface area contributed by atoms with E-state index < -0.39 is 6.17 Å². The number of anilines is 1. The Morgan fingerprint density at radius 1 is 1.72 bits per heavy atom. The molecule has 0 radical (unpaired) electrons. The summed E-state index contributed by atoms with van der Waals surface area (Å²) in [5, 5.41) is 18.8. The Labute approximate surface area is 110 Å². The summed E-state index contributed by atoms with van der Waals surface area (Å²) in [6.07, 6.45) is 0.698. The van der Waals surface area contributed by atoms with Gasteiger partial charge in [-0.15, -0.1) is 0 Å². The summed E-state index contributed by atoms with van der Waals surface area (Å²) in [5.74, 6) is 0.401. The fourth-order valence-electron chi connectivity index (χ4n) is 2.21. The number of pyridine rings is 1. The minimum Gasteiger partial charge on any atom is -0.394 e. The summed E-state index contributed by atoms with van der Waals surface area (Å²) in [4.78, 5) is 5.76. The van der Waals surface area contributed by atoms with Crippen LogP contribution < -0.4 is 4.90 Å². The van der Waals surface area contributed by atoms with Gasteiger partial charge in [-0.2, -0.15) is 5.26 Å². The first kappa shape index (κ1) is 13.1. The summed E-state index contributed by atoms with van der Waals surface area (Å²) in [5.41, 5.74) is 0.971. The van der Waals surface area contributed by atoms with Gasteiger partial charge in [-0.25, -0.2) is 9.37 Å². The van der Waals surface area contributed by atoms with E-state index in [2.05, 4.69) is 4.98 Å². The van der Waals surface area contributed by atoms with E-state index in [4.69, 9.17) is 11.6 Å². The zero-order valence-electron chi connectivity index (χ0n) is 9.90. The van der Waals surface area contributed by atoms with Crippen LogP contribution in [0.1, 0.15) is 17.5 Å². The molecule has 0 aromatic carbocycles. The van der Waals surface area contributed by atoms with Crippen LogP contribution in [-0.4, -0.2) is 35.5 Å². The smallest absolute Gasteiger partial charge is 0.147 e. The van der Waals surface area contributed by atoms with Gasteiger partial charge in [0.1, 0.15) is 18.1 Å². The Bertz CT molecular complexity index is 503. The average molecular weight is 270 g/mol. The molecule has 96 valence electrons. The van der Waals surface area contributed by atoms with Crippen molar-refractivity contribution in [2.24, 2.45) is 0 Å². The van der Waals surface area contributed by atoms with Crippen LogP contribution in [-0.2, 0) is 0 Å². The summed E-state index contributed by atoms with van der Waals surface area (Å²) in [7, 11) is 0. The van der Waals surface area contributed by atoms with Crippen LogP contribution in [0.2, 0.25) is 5.02 Å². The third-order valence-corrected chi connectivity index (χ3v) is 3.60. The molecule has 1 N–H and O–H groups in total. The van der Waals surface area contributed by atoms with E-state index in [1.807, 2.05) is 6.07 Å². The standard InChI is InChI=1S/C12H13ClFN3O/c1-7-10(3-15)12(16-4-11(7)13)17-5-8(14)2-9(17)6-18/h4,8-9,18H,2,5-6H2,1H3/t8-,9-/m0/s1. The average Bonchev–Trinajstić information content (AvgIpc) is 2.73. The Morgan fingerprint density at radius 3 is 3.06 bits per heavy atom. The fourth-order valence-corrected chi connectivity index (χ4v) is 2.35. The summed E-state index contributed by atoms with van der Waals surface area (Å²) in [6, 6.07) is 1.72. The van der Waals surface area contributed by atoms with Crippen molar-refractivity contribution < 1.29 is 9.50 Å². The van der Waals surface area contributed by atoms with Crippen molar-refractivity contribution in [1.29, 1.82) is 5.26 Å².